The highest BCUT2D eigenvalue weighted by Crippen LogP contribution is 2.41. The van der Waals surface area contributed by atoms with Crippen molar-refractivity contribution in [3.8, 4) is 17.2 Å². The molecule has 2 aromatic carbocycles. The van der Waals surface area contributed by atoms with E-state index in [1.807, 2.05) is 12.1 Å². The molecule has 0 saturated carbocycles. The number of aliphatic imine (C=N–C) groups is 1. The Morgan fingerprint density at radius 3 is 2.50 bits per heavy atom. The van der Waals surface area contributed by atoms with Crippen molar-refractivity contribution in [2.45, 2.75) is 0 Å². The highest BCUT2D eigenvalue weighted by atomic mass is 16.5. The zero-order valence-corrected chi connectivity index (χ0v) is 15.5. The van der Waals surface area contributed by atoms with Crippen LogP contribution < -0.4 is 19.6 Å². The molecule has 7 nitrogen and oxygen atoms in total. The van der Waals surface area contributed by atoms with E-state index < -0.39 is 0 Å². The molecule has 0 aliphatic rings. The highest BCUT2D eigenvalue weighted by molar-refractivity contribution is 6.07. The molecule has 142 valence electrons. The molecule has 0 unspecified atom stereocenters. The third-order valence-corrected chi connectivity index (χ3v) is 4.34. The Kier molecular flexibility index (Phi) is 4.49. The quantitative estimate of drug-likeness (QED) is 0.480. The predicted molar refractivity (Wildman–Crippen MR) is 106 cm³/mol. The molecule has 2 aromatic heterocycles. The topological polar surface area (TPSA) is 83.4 Å². The van der Waals surface area contributed by atoms with Crippen molar-refractivity contribution in [2.24, 2.45) is 4.99 Å². The van der Waals surface area contributed by atoms with Gasteiger partial charge in [-0.3, -0.25) is 4.79 Å². The molecule has 0 N–H and O–H groups in total. The maximum Gasteiger partial charge on any atom is 0.206 e. The summed E-state index contributed by atoms with van der Waals surface area (Å²) in [7, 11) is 4.54. The molecule has 0 aliphatic heterocycles. The Morgan fingerprint density at radius 2 is 1.75 bits per heavy atom. The second-order valence-electron chi connectivity index (χ2n) is 5.88. The average Bonchev–Trinajstić information content (AvgIpc) is 3.20. The number of fused-ring (bicyclic) bond motifs is 2. The third kappa shape index (κ3) is 2.77. The van der Waals surface area contributed by atoms with Crippen LogP contribution in [0.25, 0.3) is 21.9 Å². The Morgan fingerprint density at radius 1 is 0.964 bits per heavy atom. The zero-order valence-electron chi connectivity index (χ0n) is 15.5. The first-order chi connectivity index (χ1) is 13.7. The summed E-state index contributed by atoms with van der Waals surface area (Å²) >= 11 is 0. The molecule has 0 bridgehead atoms. The number of ether oxygens (including phenoxy) is 3. The molecule has 7 heteroatoms. The van der Waals surface area contributed by atoms with Gasteiger partial charge < -0.3 is 23.0 Å². The fraction of sp³-hybridized carbons (Fsp3) is 0.143. The Hall–Kier alpha value is -3.74. The Labute approximate surface area is 159 Å². The highest BCUT2D eigenvalue weighted by Gasteiger charge is 2.22. The van der Waals surface area contributed by atoms with Crippen LogP contribution in [0.4, 0.5) is 5.69 Å². The van der Waals surface area contributed by atoms with Gasteiger partial charge in [0.2, 0.25) is 5.75 Å². The minimum absolute atomic E-state index is 0.232. The van der Waals surface area contributed by atoms with Crippen LogP contribution in [0.5, 0.6) is 17.2 Å². The van der Waals surface area contributed by atoms with E-state index in [1.54, 1.807) is 25.3 Å². The maximum absolute atomic E-state index is 12.8. The minimum atomic E-state index is -0.277. The summed E-state index contributed by atoms with van der Waals surface area (Å²) in [6.45, 7) is 0. The smallest absolute Gasteiger partial charge is 0.206 e. The first kappa shape index (κ1) is 17.7. The van der Waals surface area contributed by atoms with Gasteiger partial charge in [-0.15, -0.1) is 0 Å². The number of nitrogens with zero attached hydrogens (tertiary/aromatic N) is 1. The van der Waals surface area contributed by atoms with Crippen LogP contribution in [0.15, 0.2) is 61.3 Å². The summed E-state index contributed by atoms with van der Waals surface area (Å²) in [5.74, 6) is 1.56. The number of hydrogen-bond donors (Lipinski definition) is 0. The SMILES string of the molecule is COc1ccccc1N=Cc1cc(=O)c2c(OC)c3ccoc3c(OC)c2o1. The van der Waals surface area contributed by atoms with Crippen molar-refractivity contribution in [2.75, 3.05) is 21.3 Å². The summed E-state index contributed by atoms with van der Waals surface area (Å²) in [5.41, 5.74) is 1.00. The van der Waals surface area contributed by atoms with Gasteiger partial charge >= 0.3 is 0 Å². The summed E-state index contributed by atoms with van der Waals surface area (Å²) in [6.07, 6.45) is 2.96. The van der Waals surface area contributed by atoms with Crippen LogP contribution in [0.1, 0.15) is 5.76 Å². The van der Waals surface area contributed by atoms with Gasteiger partial charge in [0, 0.05) is 6.07 Å². The van der Waals surface area contributed by atoms with Gasteiger partial charge in [-0.1, -0.05) is 12.1 Å². The Bertz CT molecular complexity index is 1250. The average molecular weight is 379 g/mol. The van der Waals surface area contributed by atoms with Crippen molar-refractivity contribution >= 4 is 33.8 Å². The lowest BCUT2D eigenvalue weighted by Gasteiger charge is -2.10. The number of furan rings is 1. The molecule has 2 heterocycles. The number of rotatable bonds is 5. The van der Waals surface area contributed by atoms with E-state index in [1.165, 1.54) is 32.8 Å². The largest absolute Gasteiger partial charge is 0.495 e. The van der Waals surface area contributed by atoms with Crippen molar-refractivity contribution in [3.05, 3.63) is 58.6 Å². The van der Waals surface area contributed by atoms with Gasteiger partial charge in [0.25, 0.3) is 0 Å². The molecule has 0 fully saturated rings. The molecule has 0 amide bonds. The fourth-order valence-electron chi connectivity index (χ4n) is 3.12. The molecular weight excluding hydrogens is 362 g/mol. The van der Waals surface area contributed by atoms with E-state index in [4.69, 9.17) is 23.0 Å². The zero-order chi connectivity index (χ0) is 19.7. The van der Waals surface area contributed by atoms with Gasteiger partial charge in [0.05, 0.1) is 39.2 Å². The normalized spacial score (nSPS) is 11.4. The fourth-order valence-corrected chi connectivity index (χ4v) is 3.12. The van der Waals surface area contributed by atoms with Crippen molar-refractivity contribution in [3.63, 3.8) is 0 Å². The van der Waals surface area contributed by atoms with Gasteiger partial charge in [0.15, 0.2) is 16.6 Å². The molecule has 0 aliphatic carbocycles. The van der Waals surface area contributed by atoms with Crippen molar-refractivity contribution in [1.29, 1.82) is 0 Å². The van der Waals surface area contributed by atoms with Crippen LogP contribution >= 0.6 is 0 Å². The molecule has 0 radical (unpaired) electrons. The minimum Gasteiger partial charge on any atom is -0.495 e. The number of hydrogen-bond acceptors (Lipinski definition) is 7. The second kappa shape index (κ2) is 7.11. The van der Waals surface area contributed by atoms with Gasteiger partial charge in [-0.05, 0) is 18.2 Å². The first-order valence-electron chi connectivity index (χ1n) is 8.44. The van der Waals surface area contributed by atoms with Crippen LogP contribution in [0, 0.1) is 0 Å². The molecule has 0 atom stereocenters. The molecule has 4 aromatic rings. The van der Waals surface area contributed by atoms with Crippen molar-refractivity contribution in [1.82, 2.24) is 0 Å². The molecule has 0 saturated heterocycles. The van der Waals surface area contributed by atoms with Gasteiger partial charge in [0.1, 0.15) is 28.3 Å². The Balaban J connectivity index is 1.94. The van der Waals surface area contributed by atoms with Crippen molar-refractivity contribution < 1.29 is 23.0 Å². The van der Waals surface area contributed by atoms with E-state index in [9.17, 15) is 4.79 Å². The van der Waals surface area contributed by atoms with E-state index in [2.05, 4.69) is 4.99 Å². The van der Waals surface area contributed by atoms with E-state index in [0.717, 1.165) is 0 Å². The number of para-hydroxylation sites is 2. The standard InChI is InChI=1S/C21H17NO6/c1-24-16-7-5-4-6-14(16)22-11-12-10-15(23)17-18(25-2)13-8-9-27-19(13)21(26-3)20(17)28-12/h4-11H,1-3H3. The van der Waals surface area contributed by atoms with E-state index in [0.29, 0.717) is 33.9 Å². The molecule has 0 spiro atoms. The number of methoxy groups -OCH3 is 3. The summed E-state index contributed by atoms with van der Waals surface area (Å²) < 4.78 is 27.6. The van der Waals surface area contributed by atoms with E-state index >= 15 is 0 Å². The third-order valence-electron chi connectivity index (χ3n) is 4.34. The predicted octanol–water partition coefficient (Wildman–Crippen LogP) is 4.32. The van der Waals surface area contributed by atoms with Crippen LogP contribution in [0.3, 0.4) is 0 Å². The number of benzene rings is 2. The van der Waals surface area contributed by atoms with Gasteiger partial charge in [-0.2, -0.15) is 0 Å². The summed E-state index contributed by atoms with van der Waals surface area (Å²) in [5, 5.41) is 0.914. The summed E-state index contributed by atoms with van der Waals surface area (Å²) in [4.78, 5) is 17.2. The van der Waals surface area contributed by atoms with Crippen LogP contribution in [0.2, 0.25) is 0 Å². The van der Waals surface area contributed by atoms with E-state index in [-0.39, 0.29) is 22.2 Å². The summed E-state index contributed by atoms with van der Waals surface area (Å²) in [6, 6.07) is 10.4. The first-order valence-corrected chi connectivity index (χ1v) is 8.44. The van der Waals surface area contributed by atoms with Gasteiger partial charge in [-0.25, -0.2) is 4.99 Å². The maximum atomic E-state index is 12.8. The lowest BCUT2D eigenvalue weighted by atomic mass is 10.1. The lowest BCUT2D eigenvalue weighted by Crippen LogP contribution is -2.05. The second-order valence-corrected chi connectivity index (χ2v) is 5.88. The monoisotopic (exact) mass is 379 g/mol. The van der Waals surface area contributed by atoms with Crippen LogP contribution in [-0.2, 0) is 0 Å². The molecular formula is C21H17NO6. The lowest BCUT2D eigenvalue weighted by molar-refractivity contribution is 0.400. The molecule has 28 heavy (non-hydrogen) atoms. The van der Waals surface area contributed by atoms with Crippen LogP contribution in [-0.4, -0.2) is 27.5 Å². The molecule has 4 rings (SSSR count).